The molecule has 1 saturated carbocycles. The number of halogens is 2. The lowest BCUT2D eigenvalue weighted by Crippen LogP contribution is -2.26. The Balaban J connectivity index is 2.13. The summed E-state index contributed by atoms with van der Waals surface area (Å²) in [4.78, 5) is 15.3. The number of amides is 1. The molecule has 0 aliphatic heterocycles. The predicted molar refractivity (Wildman–Crippen MR) is 77.8 cm³/mol. The second-order valence-corrected chi connectivity index (χ2v) is 5.89. The summed E-state index contributed by atoms with van der Waals surface area (Å²) < 4.78 is 0. The van der Waals surface area contributed by atoms with Gasteiger partial charge in [0.15, 0.2) is 0 Å². The lowest BCUT2D eigenvalue weighted by atomic mass is 9.87. The van der Waals surface area contributed by atoms with Crippen molar-refractivity contribution in [3.05, 3.63) is 21.8 Å². The van der Waals surface area contributed by atoms with E-state index in [4.69, 9.17) is 28.9 Å². The summed E-state index contributed by atoms with van der Waals surface area (Å²) in [5.74, 6) is 0.677. The topological polar surface area (TPSA) is 68.0 Å². The number of aromatic nitrogens is 1. The molecule has 1 fully saturated rings. The van der Waals surface area contributed by atoms with Gasteiger partial charge in [-0.1, -0.05) is 30.1 Å². The summed E-state index contributed by atoms with van der Waals surface area (Å²) in [5, 5.41) is 3.76. The van der Waals surface area contributed by atoms with Crippen molar-refractivity contribution in [3.63, 3.8) is 0 Å². The van der Waals surface area contributed by atoms with Crippen LogP contribution in [0.1, 0.15) is 43.0 Å². The van der Waals surface area contributed by atoms with E-state index in [0.717, 1.165) is 18.8 Å². The van der Waals surface area contributed by atoms with Crippen LogP contribution in [0.2, 0.25) is 10.2 Å². The van der Waals surface area contributed by atoms with Gasteiger partial charge >= 0.3 is 0 Å². The van der Waals surface area contributed by atoms with Crippen LogP contribution < -0.4 is 11.1 Å². The third kappa shape index (κ3) is 3.51. The number of nitrogens with two attached hydrogens (primary N) is 1. The zero-order valence-corrected chi connectivity index (χ0v) is 12.3. The molecular weight excluding hydrogens is 285 g/mol. The number of rotatable bonds is 3. The Morgan fingerprint density at radius 1 is 1.37 bits per heavy atom. The fourth-order valence-electron chi connectivity index (χ4n) is 2.34. The van der Waals surface area contributed by atoms with Crippen LogP contribution in [-0.4, -0.2) is 16.9 Å². The number of pyridine rings is 1. The highest BCUT2D eigenvalue weighted by Gasteiger charge is 2.20. The van der Waals surface area contributed by atoms with E-state index < -0.39 is 5.91 Å². The smallest absolute Gasteiger partial charge is 0.251 e. The van der Waals surface area contributed by atoms with Gasteiger partial charge in [0.25, 0.3) is 5.91 Å². The predicted octanol–water partition coefficient (Wildman–Crippen LogP) is 3.48. The highest BCUT2D eigenvalue weighted by Crippen LogP contribution is 2.30. The maximum absolute atomic E-state index is 11.1. The van der Waals surface area contributed by atoms with E-state index in [0.29, 0.717) is 16.9 Å². The molecule has 104 valence electrons. The van der Waals surface area contributed by atoms with Gasteiger partial charge in [-0.25, -0.2) is 4.98 Å². The van der Waals surface area contributed by atoms with Gasteiger partial charge < -0.3 is 11.1 Å². The van der Waals surface area contributed by atoms with Crippen molar-refractivity contribution in [2.45, 2.75) is 38.6 Å². The standard InChI is InChI=1S/C13H17Cl2N3O/c1-7-2-4-8(5-3-7)17-13-10(14)6-9(12(16)19)11(15)18-13/h6-8H,2-5H2,1H3,(H2,16,19)(H,17,18). The van der Waals surface area contributed by atoms with Crippen molar-refractivity contribution in [2.24, 2.45) is 11.7 Å². The molecule has 0 aromatic carbocycles. The molecule has 3 N–H and O–H groups in total. The summed E-state index contributed by atoms with van der Waals surface area (Å²) in [6.45, 7) is 2.26. The third-order valence-electron chi connectivity index (χ3n) is 3.55. The summed E-state index contributed by atoms with van der Waals surface area (Å²) in [6.07, 6.45) is 4.58. The van der Waals surface area contributed by atoms with Crippen molar-refractivity contribution in [3.8, 4) is 0 Å². The Labute approximate surface area is 122 Å². The van der Waals surface area contributed by atoms with Crippen LogP contribution >= 0.6 is 23.2 Å². The Bertz CT molecular complexity index is 485. The first kappa shape index (κ1) is 14.4. The van der Waals surface area contributed by atoms with E-state index in [-0.39, 0.29) is 10.7 Å². The van der Waals surface area contributed by atoms with Crippen LogP contribution in [0.4, 0.5) is 5.82 Å². The maximum atomic E-state index is 11.1. The normalized spacial score (nSPS) is 23.1. The van der Waals surface area contributed by atoms with Gasteiger partial charge in [0, 0.05) is 6.04 Å². The number of anilines is 1. The molecule has 0 saturated heterocycles. The molecule has 1 aliphatic rings. The minimum absolute atomic E-state index is 0.0866. The van der Waals surface area contributed by atoms with Gasteiger partial charge in [0.1, 0.15) is 11.0 Å². The minimum atomic E-state index is -0.627. The maximum Gasteiger partial charge on any atom is 0.251 e. The summed E-state index contributed by atoms with van der Waals surface area (Å²) in [6, 6.07) is 1.82. The van der Waals surface area contributed by atoms with E-state index in [9.17, 15) is 4.79 Å². The molecule has 0 unspecified atom stereocenters. The van der Waals surface area contributed by atoms with Gasteiger partial charge in [0.2, 0.25) is 0 Å². The number of carbonyl (C=O) groups excluding carboxylic acids is 1. The van der Waals surface area contributed by atoms with Crippen LogP contribution in [0, 0.1) is 5.92 Å². The first-order valence-electron chi connectivity index (χ1n) is 6.39. The van der Waals surface area contributed by atoms with Crippen LogP contribution in [0.15, 0.2) is 6.07 Å². The molecule has 1 aromatic rings. The molecule has 1 amide bonds. The average Bonchev–Trinajstić information content (AvgIpc) is 2.35. The molecule has 0 atom stereocenters. The number of nitrogens with one attached hydrogen (secondary N) is 1. The minimum Gasteiger partial charge on any atom is -0.366 e. The summed E-state index contributed by atoms with van der Waals surface area (Å²) in [7, 11) is 0. The Hall–Kier alpha value is -1.00. The van der Waals surface area contributed by atoms with Gasteiger partial charge in [0.05, 0.1) is 10.6 Å². The quantitative estimate of drug-likeness (QED) is 0.840. The van der Waals surface area contributed by atoms with Crippen molar-refractivity contribution in [2.75, 3.05) is 5.32 Å². The van der Waals surface area contributed by atoms with Crippen LogP contribution in [0.5, 0.6) is 0 Å². The average molecular weight is 302 g/mol. The second-order valence-electron chi connectivity index (χ2n) is 5.12. The van der Waals surface area contributed by atoms with E-state index >= 15 is 0 Å². The molecule has 0 spiro atoms. The lowest BCUT2D eigenvalue weighted by Gasteiger charge is -2.27. The van der Waals surface area contributed by atoms with Crippen LogP contribution in [0.25, 0.3) is 0 Å². The molecule has 6 heteroatoms. The van der Waals surface area contributed by atoms with E-state index in [1.807, 2.05) is 0 Å². The number of carbonyl (C=O) groups is 1. The van der Waals surface area contributed by atoms with Crippen molar-refractivity contribution in [1.29, 1.82) is 0 Å². The molecule has 2 rings (SSSR count). The fourth-order valence-corrected chi connectivity index (χ4v) is 2.78. The monoisotopic (exact) mass is 301 g/mol. The van der Waals surface area contributed by atoms with Gasteiger partial charge in [-0.2, -0.15) is 0 Å². The van der Waals surface area contributed by atoms with E-state index in [1.165, 1.54) is 18.9 Å². The Kier molecular flexibility index (Phi) is 4.53. The van der Waals surface area contributed by atoms with Crippen LogP contribution in [-0.2, 0) is 0 Å². The molecule has 1 aliphatic carbocycles. The van der Waals surface area contributed by atoms with Gasteiger partial charge in [-0.15, -0.1) is 0 Å². The highest BCUT2D eigenvalue weighted by atomic mass is 35.5. The SMILES string of the molecule is CC1CCC(Nc2nc(Cl)c(C(N)=O)cc2Cl)CC1. The van der Waals surface area contributed by atoms with Crippen molar-refractivity contribution in [1.82, 2.24) is 4.98 Å². The van der Waals surface area contributed by atoms with Crippen molar-refractivity contribution < 1.29 is 4.79 Å². The molecular formula is C13H17Cl2N3O. The Morgan fingerprint density at radius 3 is 2.58 bits per heavy atom. The number of nitrogens with zero attached hydrogens (tertiary/aromatic N) is 1. The Morgan fingerprint density at radius 2 is 2.00 bits per heavy atom. The molecule has 0 bridgehead atoms. The van der Waals surface area contributed by atoms with Gasteiger partial charge in [-0.05, 0) is 37.7 Å². The van der Waals surface area contributed by atoms with Crippen LogP contribution in [0.3, 0.4) is 0 Å². The first-order chi connectivity index (χ1) is 8.97. The van der Waals surface area contributed by atoms with Gasteiger partial charge in [-0.3, -0.25) is 4.79 Å². The zero-order chi connectivity index (χ0) is 14.0. The fraction of sp³-hybridized carbons (Fsp3) is 0.538. The summed E-state index contributed by atoms with van der Waals surface area (Å²) >= 11 is 12.0. The molecule has 0 radical (unpaired) electrons. The zero-order valence-electron chi connectivity index (χ0n) is 10.7. The first-order valence-corrected chi connectivity index (χ1v) is 7.15. The lowest BCUT2D eigenvalue weighted by molar-refractivity contribution is 0.1000. The molecule has 19 heavy (non-hydrogen) atoms. The summed E-state index contributed by atoms with van der Waals surface area (Å²) in [5.41, 5.74) is 5.34. The second kappa shape index (κ2) is 5.97. The van der Waals surface area contributed by atoms with E-state index in [2.05, 4.69) is 17.2 Å². The number of hydrogen-bond acceptors (Lipinski definition) is 3. The highest BCUT2D eigenvalue weighted by molar-refractivity contribution is 6.36. The largest absolute Gasteiger partial charge is 0.366 e. The molecule has 1 aromatic heterocycles. The van der Waals surface area contributed by atoms with E-state index in [1.54, 1.807) is 0 Å². The molecule has 4 nitrogen and oxygen atoms in total. The van der Waals surface area contributed by atoms with Crippen molar-refractivity contribution >= 4 is 34.9 Å². The number of hydrogen-bond donors (Lipinski definition) is 2. The number of primary amides is 1. The third-order valence-corrected chi connectivity index (χ3v) is 4.13. The molecule has 1 heterocycles.